The van der Waals surface area contributed by atoms with Gasteiger partial charge in [-0.25, -0.2) is 9.78 Å². The van der Waals surface area contributed by atoms with E-state index in [2.05, 4.69) is 10.3 Å². The summed E-state index contributed by atoms with van der Waals surface area (Å²) in [6.45, 7) is 0. The second kappa shape index (κ2) is 7.13. The maximum atomic E-state index is 12.5. The van der Waals surface area contributed by atoms with Crippen LogP contribution in [0.1, 0.15) is 10.4 Å². The van der Waals surface area contributed by atoms with E-state index in [0.717, 1.165) is 9.92 Å². The van der Waals surface area contributed by atoms with Crippen molar-refractivity contribution >= 4 is 34.5 Å². The third-order valence-electron chi connectivity index (χ3n) is 4.03. The molecule has 2 aromatic carbocycles. The van der Waals surface area contributed by atoms with Gasteiger partial charge in [0, 0.05) is 35.5 Å². The zero-order valence-corrected chi connectivity index (χ0v) is 15.2. The van der Waals surface area contributed by atoms with Gasteiger partial charge < -0.3 is 9.73 Å². The third-order valence-corrected chi connectivity index (χ3v) is 4.99. The summed E-state index contributed by atoms with van der Waals surface area (Å²) >= 11 is 1.53. The van der Waals surface area contributed by atoms with Crippen LogP contribution >= 0.6 is 11.8 Å². The summed E-state index contributed by atoms with van der Waals surface area (Å²) in [7, 11) is 1.64. The van der Waals surface area contributed by atoms with Crippen molar-refractivity contribution in [3.05, 3.63) is 83.0 Å². The maximum absolute atomic E-state index is 12.5. The number of amides is 1. The average Bonchev–Trinajstić information content (AvgIpc) is 2.96. The van der Waals surface area contributed by atoms with E-state index < -0.39 is 5.76 Å². The van der Waals surface area contributed by atoms with Gasteiger partial charge in [0.25, 0.3) is 5.91 Å². The molecule has 2 aromatic heterocycles. The van der Waals surface area contributed by atoms with Gasteiger partial charge in [-0.2, -0.15) is 0 Å². The average molecular weight is 377 g/mol. The number of nitrogens with one attached hydrogen (secondary N) is 1. The van der Waals surface area contributed by atoms with Crippen LogP contribution in [-0.4, -0.2) is 15.5 Å². The molecule has 0 aliphatic heterocycles. The molecule has 27 heavy (non-hydrogen) atoms. The highest BCUT2D eigenvalue weighted by atomic mass is 32.2. The fraction of sp³-hybridized carbons (Fsp3) is 0.0500. The minimum Gasteiger partial charge on any atom is -0.408 e. The van der Waals surface area contributed by atoms with Crippen LogP contribution in [0.5, 0.6) is 0 Å². The first-order valence-corrected chi connectivity index (χ1v) is 9.02. The van der Waals surface area contributed by atoms with Gasteiger partial charge in [-0.3, -0.25) is 9.36 Å². The molecule has 0 aliphatic rings. The lowest BCUT2D eigenvalue weighted by Gasteiger charge is -2.06. The summed E-state index contributed by atoms with van der Waals surface area (Å²) in [6, 6.07) is 18.1. The highest BCUT2D eigenvalue weighted by Crippen LogP contribution is 2.26. The summed E-state index contributed by atoms with van der Waals surface area (Å²) in [6.07, 6.45) is 1.75. The number of anilines is 1. The van der Waals surface area contributed by atoms with Gasteiger partial charge in [-0.1, -0.05) is 17.8 Å². The highest BCUT2D eigenvalue weighted by molar-refractivity contribution is 7.99. The summed E-state index contributed by atoms with van der Waals surface area (Å²) in [5.41, 5.74) is 2.21. The maximum Gasteiger partial charge on any atom is 0.419 e. The number of hydrogen-bond donors (Lipinski definition) is 1. The molecule has 0 aliphatic carbocycles. The number of nitrogens with zero attached hydrogens (tertiary/aromatic N) is 2. The number of hydrogen-bond acceptors (Lipinski definition) is 5. The Morgan fingerprint density at radius 3 is 2.67 bits per heavy atom. The van der Waals surface area contributed by atoms with Crippen molar-refractivity contribution in [2.75, 3.05) is 5.32 Å². The number of benzene rings is 2. The lowest BCUT2D eigenvalue weighted by atomic mass is 10.2. The predicted octanol–water partition coefficient (Wildman–Crippen LogP) is 3.93. The summed E-state index contributed by atoms with van der Waals surface area (Å²) in [5, 5.41) is 3.71. The number of carbonyl (C=O) groups excluding carboxylic acids is 1. The van der Waals surface area contributed by atoms with Crippen molar-refractivity contribution in [1.29, 1.82) is 0 Å². The van der Waals surface area contributed by atoms with E-state index in [4.69, 9.17) is 4.42 Å². The molecule has 4 rings (SSSR count). The van der Waals surface area contributed by atoms with Gasteiger partial charge in [0.1, 0.15) is 5.03 Å². The summed E-state index contributed by atoms with van der Waals surface area (Å²) < 4.78 is 6.56. The van der Waals surface area contributed by atoms with Crippen LogP contribution in [0.3, 0.4) is 0 Å². The molecule has 0 atom stereocenters. The number of rotatable bonds is 4. The Kier molecular flexibility index (Phi) is 4.52. The van der Waals surface area contributed by atoms with Crippen molar-refractivity contribution < 1.29 is 9.21 Å². The van der Waals surface area contributed by atoms with Crippen molar-refractivity contribution in [3.8, 4) is 0 Å². The van der Waals surface area contributed by atoms with Crippen LogP contribution in [0.2, 0.25) is 0 Å². The smallest absolute Gasteiger partial charge is 0.408 e. The van der Waals surface area contributed by atoms with E-state index in [1.165, 1.54) is 16.3 Å². The first-order valence-electron chi connectivity index (χ1n) is 8.20. The van der Waals surface area contributed by atoms with Gasteiger partial charge in [0.05, 0.1) is 5.52 Å². The monoisotopic (exact) mass is 377 g/mol. The van der Waals surface area contributed by atoms with E-state index in [1.807, 2.05) is 30.3 Å². The second-order valence-corrected chi connectivity index (χ2v) is 6.95. The van der Waals surface area contributed by atoms with Gasteiger partial charge >= 0.3 is 5.76 Å². The number of aromatic nitrogens is 2. The molecule has 7 heteroatoms. The minimum absolute atomic E-state index is 0.234. The molecule has 134 valence electrons. The van der Waals surface area contributed by atoms with Crippen molar-refractivity contribution in [2.45, 2.75) is 9.92 Å². The van der Waals surface area contributed by atoms with Crippen molar-refractivity contribution in [2.24, 2.45) is 7.05 Å². The van der Waals surface area contributed by atoms with Crippen molar-refractivity contribution in [1.82, 2.24) is 9.55 Å². The lowest BCUT2D eigenvalue weighted by Crippen LogP contribution is -2.11. The first kappa shape index (κ1) is 17.1. The Labute approximate surface area is 158 Å². The fourth-order valence-electron chi connectivity index (χ4n) is 2.62. The quantitative estimate of drug-likeness (QED) is 0.583. The van der Waals surface area contributed by atoms with Crippen LogP contribution in [0, 0.1) is 0 Å². The Morgan fingerprint density at radius 1 is 1.11 bits per heavy atom. The molecule has 1 N–H and O–H groups in total. The molecule has 0 saturated carbocycles. The Balaban J connectivity index is 1.49. The Bertz CT molecular complexity index is 1160. The second-order valence-electron chi connectivity index (χ2n) is 5.86. The number of carbonyl (C=O) groups is 1. The van der Waals surface area contributed by atoms with Crippen LogP contribution in [0.4, 0.5) is 5.69 Å². The molecule has 0 bridgehead atoms. The van der Waals surface area contributed by atoms with Crippen LogP contribution in [0.25, 0.3) is 11.1 Å². The zero-order chi connectivity index (χ0) is 18.8. The molecule has 0 saturated heterocycles. The predicted molar refractivity (Wildman–Crippen MR) is 104 cm³/mol. The molecular weight excluding hydrogens is 362 g/mol. The van der Waals surface area contributed by atoms with E-state index in [1.54, 1.807) is 43.6 Å². The zero-order valence-electron chi connectivity index (χ0n) is 14.4. The molecule has 4 aromatic rings. The van der Waals surface area contributed by atoms with E-state index in [0.29, 0.717) is 22.4 Å². The molecular formula is C20H15N3O3S. The van der Waals surface area contributed by atoms with Crippen LogP contribution in [0.15, 0.2) is 86.0 Å². The molecule has 0 fully saturated rings. The fourth-order valence-corrected chi connectivity index (χ4v) is 3.39. The largest absolute Gasteiger partial charge is 0.419 e. The molecule has 1 amide bonds. The van der Waals surface area contributed by atoms with Gasteiger partial charge in [0.2, 0.25) is 0 Å². The normalized spacial score (nSPS) is 10.9. The summed E-state index contributed by atoms with van der Waals surface area (Å²) in [5.74, 6) is -0.670. The number of aryl methyl sites for hydroxylation is 1. The van der Waals surface area contributed by atoms with E-state index in [-0.39, 0.29) is 5.91 Å². The molecule has 0 spiro atoms. The topological polar surface area (TPSA) is 77.1 Å². The summed E-state index contributed by atoms with van der Waals surface area (Å²) in [4.78, 5) is 29.3. The standard InChI is InChI=1S/C20H15N3O3S/c1-23-16-10-7-14(12-17(16)26-20(23)25)22-19(24)13-5-8-15(9-6-13)27-18-4-2-3-11-21-18/h2-12H,1H3,(H,22,24). The van der Waals surface area contributed by atoms with Gasteiger partial charge in [-0.05, 0) is 48.5 Å². The molecule has 6 nitrogen and oxygen atoms in total. The van der Waals surface area contributed by atoms with Gasteiger partial charge in [-0.15, -0.1) is 0 Å². The highest BCUT2D eigenvalue weighted by Gasteiger charge is 2.10. The van der Waals surface area contributed by atoms with Crippen molar-refractivity contribution in [3.63, 3.8) is 0 Å². The molecule has 2 heterocycles. The lowest BCUT2D eigenvalue weighted by molar-refractivity contribution is 0.102. The Morgan fingerprint density at radius 2 is 1.93 bits per heavy atom. The van der Waals surface area contributed by atoms with E-state index in [9.17, 15) is 9.59 Å². The number of oxazole rings is 1. The van der Waals surface area contributed by atoms with E-state index >= 15 is 0 Å². The molecule has 0 radical (unpaired) electrons. The molecule has 0 unspecified atom stereocenters. The first-order chi connectivity index (χ1) is 13.1. The third kappa shape index (κ3) is 3.63. The van der Waals surface area contributed by atoms with Crippen LogP contribution in [-0.2, 0) is 7.05 Å². The Hall–Kier alpha value is -3.32. The number of fused-ring (bicyclic) bond motifs is 1. The van der Waals surface area contributed by atoms with Crippen LogP contribution < -0.4 is 11.1 Å². The SMILES string of the molecule is Cn1c(=O)oc2cc(NC(=O)c3ccc(Sc4ccccn4)cc3)ccc21. The minimum atomic E-state index is -0.436. The number of pyridine rings is 1. The van der Waals surface area contributed by atoms with Gasteiger partial charge in [0.15, 0.2) is 5.58 Å².